The van der Waals surface area contributed by atoms with Gasteiger partial charge in [0.15, 0.2) is 0 Å². The van der Waals surface area contributed by atoms with Crippen molar-refractivity contribution in [2.24, 2.45) is 0 Å². The summed E-state index contributed by atoms with van der Waals surface area (Å²) in [6, 6.07) is 17.4. The van der Waals surface area contributed by atoms with Crippen molar-refractivity contribution in [2.75, 3.05) is 0 Å². The average molecular weight is 328 g/mol. The maximum absolute atomic E-state index is 12.3. The molecule has 0 fully saturated rings. The van der Waals surface area contributed by atoms with Gasteiger partial charge in [-0.1, -0.05) is 24.3 Å². The number of aromatic nitrogens is 3. The van der Waals surface area contributed by atoms with Crippen LogP contribution in [0.3, 0.4) is 0 Å². The number of carbonyl (C=O) groups excluding carboxylic acids is 1. The lowest BCUT2D eigenvalue weighted by Crippen LogP contribution is -2.23. The van der Waals surface area contributed by atoms with Gasteiger partial charge in [0, 0.05) is 41.6 Å². The number of rotatable bonds is 4. The highest BCUT2D eigenvalue weighted by atomic mass is 16.1. The van der Waals surface area contributed by atoms with Gasteiger partial charge in [-0.05, 0) is 35.9 Å². The molecule has 3 aromatic heterocycles. The van der Waals surface area contributed by atoms with Gasteiger partial charge in [-0.2, -0.15) is 0 Å². The Morgan fingerprint density at radius 3 is 2.72 bits per heavy atom. The molecule has 4 aromatic rings. The number of para-hydroxylation sites is 1. The Bertz CT molecular complexity index is 974. The van der Waals surface area contributed by atoms with Crippen molar-refractivity contribution in [1.29, 1.82) is 0 Å². The number of pyridine rings is 2. The number of carbonyl (C=O) groups is 1. The van der Waals surface area contributed by atoms with E-state index in [0.29, 0.717) is 12.2 Å². The molecule has 0 saturated heterocycles. The lowest BCUT2D eigenvalue weighted by molar-refractivity contribution is 0.0946. The molecule has 4 rings (SSSR count). The van der Waals surface area contributed by atoms with E-state index in [1.54, 1.807) is 18.6 Å². The smallest absolute Gasteiger partial charge is 0.267 e. The Morgan fingerprint density at radius 1 is 1.04 bits per heavy atom. The number of H-pyrrole nitrogens is 1. The van der Waals surface area contributed by atoms with Gasteiger partial charge < -0.3 is 10.3 Å². The van der Waals surface area contributed by atoms with E-state index in [1.807, 2.05) is 54.6 Å². The SMILES string of the molecule is O=C(NCc1ccc(-c2cccnc2)nc1)c1cc2ccccc2[nH]1. The lowest BCUT2D eigenvalue weighted by Gasteiger charge is -2.05. The molecule has 0 bridgehead atoms. The first-order valence-corrected chi connectivity index (χ1v) is 8.01. The van der Waals surface area contributed by atoms with Crippen LogP contribution in [0.15, 0.2) is 73.2 Å². The minimum atomic E-state index is -0.132. The molecule has 0 saturated carbocycles. The van der Waals surface area contributed by atoms with Gasteiger partial charge in [-0.3, -0.25) is 14.8 Å². The van der Waals surface area contributed by atoms with Crippen molar-refractivity contribution in [3.05, 3.63) is 84.4 Å². The van der Waals surface area contributed by atoms with Crippen LogP contribution in [0.5, 0.6) is 0 Å². The summed E-state index contributed by atoms with van der Waals surface area (Å²) in [5.41, 5.74) is 4.28. The van der Waals surface area contributed by atoms with Crippen molar-refractivity contribution in [3.63, 3.8) is 0 Å². The molecule has 0 radical (unpaired) electrons. The normalized spacial score (nSPS) is 10.7. The van der Waals surface area contributed by atoms with E-state index in [2.05, 4.69) is 20.3 Å². The van der Waals surface area contributed by atoms with E-state index >= 15 is 0 Å². The highest BCUT2D eigenvalue weighted by molar-refractivity contribution is 5.97. The highest BCUT2D eigenvalue weighted by Gasteiger charge is 2.09. The Kier molecular flexibility index (Phi) is 3.96. The molecule has 0 spiro atoms. The summed E-state index contributed by atoms with van der Waals surface area (Å²) in [6.45, 7) is 0.425. The summed E-state index contributed by atoms with van der Waals surface area (Å²) < 4.78 is 0. The van der Waals surface area contributed by atoms with Crippen LogP contribution in [0.4, 0.5) is 0 Å². The number of hydrogen-bond donors (Lipinski definition) is 2. The second-order valence-corrected chi connectivity index (χ2v) is 5.75. The molecule has 0 aliphatic heterocycles. The third-order valence-electron chi connectivity index (χ3n) is 4.01. The lowest BCUT2D eigenvalue weighted by atomic mass is 10.1. The van der Waals surface area contributed by atoms with E-state index in [1.165, 1.54) is 0 Å². The minimum absolute atomic E-state index is 0.132. The van der Waals surface area contributed by atoms with Crippen LogP contribution in [0, 0.1) is 0 Å². The van der Waals surface area contributed by atoms with E-state index in [9.17, 15) is 4.79 Å². The van der Waals surface area contributed by atoms with Crippen LogP contribution in [-0.2, 0) is 6.54 Å². The molecule has 0 unspecified atom stereocenters. The fraction of sp³-hybridized carbons (Fsp3) is 0.0500. The zero-order valence-corrected chi connectivity index (χ0v) is 13.4. The standard InChI is InChI=1S/C20H16N4O/c25-20(19-10-15-4-1-2-6-18(15)24-19)23-12-14-7-8-17(22-11-14)16-5-3-9-21-13-16/h1-11,13,24H,12H2,(H,23,25). The number of nitrogens with zero attached hydrogens (tertiary/aromatic N) is 2. The first kappa shape index (κ1) is 15.1. The van der Waals surface area contributed by atoms with Gasteiger partial charge in [0.2, 0.25) is 0 Å². The number of aromatic amines is 1. The average Bonchev–Trinajstić information content (AvgIpc) is 3.11. The molecular weight excluding hydrogens is 312 g/mol. The fourth-order valence-electron chi connectivity index (χ4n) is 2.69. The third-order valence-corrected chi connectivity index (χ3v) is 4.01. The molecule has 0 aliphatic rings. The molecule has 2 N–H and O–H groups in total. The van der Waals surface area contributed by atoms with Crippen molar-refractivity contribution in [2.45, 2.75) is 6.54 Å². The zero-order valence-electron chi connectivity index (χ0n) is 13.4. The predicted octanol–water partition coefficient (Wildman–Crippen LogP) is 3.55. The van der Waals surface area contributed by atoms with Crippen molar-refractivity contribution < 1.29 is 4.79 Å². The van der Waals surface area contributed by atoms with Gasteiger partial charge in [-0.15, -0.1) is 0 Å². The number of hydrogen-bond acceptors (Lipinski definition) is 3. The number of fused-ring (bicyclic) bond motifs is 1. The van der Waals surface area contributed by atoms with Crippen LogP contribution in [0.25, 0.3) is 22.2 Å². The largest absolute Gasteiger partial charge is 0.351 e. The Labute approximate surface area is 144 Å². The maximum Gasteiger partial charge on any atom is 0.267 e. The van der Waals surface area contributed by atoms with Crippen LogP contribution in [-0.4, -0.2) is 20.9 Å². The molecule has 1 aromatic carbocycles. The number of amides is 1. The highest BCUT2D eigenvalue weighted by Crippen LogP contribution is 2.16. The third kappa shape index (κ3) is 3.26. The number of nitrogens with one attached hydrogen (secondary N) is 2. The molecular formula is C20H16N4O. The van der Waals surface area contributed by atoms with Crippen LogP contribution >= 0.6 is 0 Å². The van der Waals surface area contributed by atoms with Crippen LogP contribution in [0.2, 0.25) is 0 Å². The van der Waals surface area contributed by atoms with Gasteiger partial charge >= 0.3 is 0 Å². The van der Waals surface area contributed by atoms with Crippen LogP contribution in [0.1, 0.15) is 16.1 Å². The fourth-order valence-corrected chi connectivity index (χ4v) is 2.69. The predicted molar refractivity (Wildman–Crippen MR) is 96.9 cm³/mol. The molecule has 5 nitrogen and oxygen atoms in total. The first-order valence-electron chi connectivity index (χ1n) is 8.01. The van der Waals surface area contributed by atoms with E-state index < -0.39 is 0 Å². The van der Waals surface area contributed by atoms with Gasteiger partial charge in [0.1, 0.15) is 5.69 Å². The zero-order chi connectivity index (χ0) is 17.1. The van der Waals surface area contributed by atoms with Crippen molar-refractivity contribution in [1.82, 2.24) is 20.3 Å². The second-order valence-electron chi connectivity index (χ2n) is 5.75. The Balaban J connectivity index is 1.43. The second kappa shape index (κ2) is 6.57. The first-order chi connectivity index (χ1) is 12.3. The quantitative estimate of drug-likeness (QED) is 0.602. The number of benzene rings is 1. The molecule has 122 valence electrons. The van der Waals surface area contributed by atoms with Gasteiger partial charge in [0.25, 0.3) is 5.91 Å². The summed E-state index contributed by atoms with van der Waals surface area (Å²) in [5.74, 6) is -0.132. The van der Waals surface area contributed by atoms with Crippen molar-refractivity contribution >= 4 is 16.8 Å². The minimum Gasteiger partial charge on any atom is -0.351 e. The van der Waals surface area contributed by atoms with Crippen molar-refractivity contribution in [3.8, 4) is 11.3 Å². The maximum atomic E-state index is 12.3. The summed E-state index contributed by atoms with van der Waals surface area (Å²) in [4.78, 5) is 24.0. The molecule has 1 amide bonds. The molecule has 0 aliphatic carbocycles. The van der Waals surface area contributed by atoms with Gasteiger partial charge in [-0.25, -0.2) is 0 Å². The van der Waals surface area contributed by atoms with Crippen LogP contribution < -0.4 is 5.32 Å². The molecule has 5 heteroatoms. The Hall–Kier alpha value is -3.47. The van der Waals surface area contributed by atoms with E-state index in [0.717, 1.165) is 27.7 Å². The summed E-state index contributed by atoms with van der Waals surface area (Å²) in [6.07, 6.45) is 5.28. The summed E-state index contributed by atoms with van der Waals surface area (Å²) in [7, 11) is 0. The topological polar surface area (TPSA) is 70.7 Å². The summed E-state index contributed by atoms with van der Waals surface area (Å²) in [5, 5.41) is 3.94. The van der Waals surface area contributed by atoms with E-state index in [-0.39, 0.29) is 5.91 Å². The van der Waals surface area contributed by atoms with Gasteiger partial charge in [0.05, 0.1) is 5.69 Å². The van der Waals surface area contributed by atoms with E-state index in [4.69, 9.17) is 0 Å². The Morgan fingerprint density at radius 2 is 1.96 bits per heavy atom. The molecule has 25 heavy (non-hydrogen) atoms. The monoisotopic (exact) mass is 328 g/mol. The molecule has 0 atom stereocenters. The summed E-state index contributed by atoms with van der Waals surface area (Å²) >= 11 is 0. The molecule has 3 heterocycles.